The van der Waals surface area contributed by atoms with E-state index in [2.05, 4.69) is 11.4 Å². The Morgan fingerprint density at radius 3 is 3.18 bits per heavy atom. The second kappa shape index (κ2) is 4.04. The van der Waals surface area contributed by atoms with Gasteiger partial charge < -0.3 is 9.67 Å². The van der Waals surface area contributed by atoms with E-state index < -0.39 is 5.97 Å². The number of aromatic carboxylic acids is 1. The summed E-state index contributed by atoms with van der Waals surface area (Å²) in [6, 6.07) is 5.81. The van der Waals surface area contributed by atoms with E-state index >= 15 is 0 Å². The molecule has 0 spiro atoms. The average molecular weight is 247 g/mol. The van der Waals surface area contributed by atoms with Crippen LogP contribution in [-0.4, -0.2) is 15.6 Å². The summed E-state index contributed by atoms with van der Waals surface area (Å²) in [5, 5.41) is 11.3. The molecule has 0 aliphatic heterocycles. The maximum Gasteiger partial charge on any atom is 0.352 e. The summed E-state index contributed by atoms with van der Waals surface area (Å²) in [6.45, 7) is 0. The number of carboxylic acid groups (broad SMARTS) is 1. The van der Waals surface area contributed by atoms with Crippen molar-refractivity contribution < 1.29 is 9.90 Å². The number of hydrogen-bond donors (Lipinski definition) is 1. The zero-order valence-electron chi connectivity index (χ0n) is 9.30. The minimum absolute atomic E-state index is 0.200. The van der Waals surface area contributed by atoms with Crippen molar-refractivity contribution in [1.82, 2.24) is 4.57 Å². The topological polar surface area (TPSA) is 42.2 Å². The molecule has 88 valence electrons. The lowest BCUT2D eigenvalue weighted by molar-refractivity contribution is 0.0683. The standard InChI is InChI=1S/C13H13NO2S/c15-13(16)11-4-2-7-14(11)10-3-1-5-12-9(10)6-8-17-12/h2,4,6-8,10H,1,3,5H2,(H,15,16). The Bertz CT molecular complexity index is 555. The van der Waals surface area contributed by atoms with Gasteiger partial charge in [0.1, 0.15) is 5.69 Å². The van der Waals surface area contributed by atoms with Gasteiger partial charge in [-0.3, -0.25) is 0 Å². The quantitative estimate of drug-likeness (QED) is 0.885. The maximum absolute atomic E-state index is 11.2. The predicted molar refractivity (Wildman–Crippen MR) is 66.8 cm³/mol. The Kier molecular flexibility index (Phi) is 2.52. The highest BCUT2D eigenvalue weighted by Crippen LogP contribution is 2.36. The summed E-state index contributed by atoms with van der Waals surface area (Å²) >= 11 is 1.78. The Balaban J connectivity index is 2.07. The molecule has 3 rings (SSSR count). The van der Waals surface area contributed by atoms with Crippen molar-refractivity contribution >= 4 is 17.3 Å². The number of carboxylic acids is 1. The van der Waals surface area contributed by atoms with E-state index in [9.17, 15) is 4.79 Å². The normalized spacial score (nSPS) is 18.9. The van der Waals surface area contributed by atoms with Crippen molar-refractivity contribution in [1.29, 1.82) is 0 Å². The monoisotopic (exact) mass is 247 g/mol. The molecule has 17 heavy (non-hydrogen) atoms. The first-order valence-corrected chi connectivity index (χ1v) is 6.62. The minimum atomic E-state index is -0.850. The molecular weight excluding hydrogens is 234 g/mol. The summed E-state index contributed by atoms with van der Waals surface area (Å²) in [5.74, 6) is -0.850. The molecule has 1 aliphatic rings. The van der Waals surface area contributed by atoms with Crippen molar-refractivity contribution in [3.05, 3.63) is 45.9 Å². The largest absolute Gasteiger partial charge is 0.477 e. The van der Waals surface area contributed by atoms with Crippen molar-refractivity contribution in [2.45, 2.75) is 25.3 Å². The summed E-state index contributed by atoms with van der Waals surface area (Å²) < 4.78 is 1.90. The Morgan fingerprint density at radius 2 is 2.35 bits per heavy atom. The van der Waals surface area contributed by atoms with Gasteiger partial charge >= 0.3 is 5.97 Å². The number of aryl methyl sites for hydroxylation is 1. The van der Waals surface area contributed by atoms with Gasteiger partial charge in [-0.15, -0.1) is 11.3 Å². The first-order chi connectivity index (χ1) is 8.27. The number of fused-ring (bicyclic) bond motifs is 1. The van der Waals surface area contributed by atoms with Gasteiger partial charge in [-0.25, -0.2) is 4.79 Å². The number of hydrogen-bond acceptors (Lipinski definition) is 2. The van der Waals surface area contributed by atoms with Gasteiger partial charge in [0, 0.05) is 11.1 Å². The van der Waals surface area contributed by atoms with Gasteiger partial charge in [-0.1, -0.05) is 0 Å². The molecule has 1 N–H and O–H groups in total. The van der Waals surface area contributed by atoms with Crippen molar-refractivity contribution in [2.75, 3.05) is 0 Å². The van der Waals surface area contributed by atoms with E-state index in [1.807, 2.05) is 16.8 Å². The van der Waals surface area contributed by atoms with Crippen LogP contribution in [0.5, 0.6) is 0 Å². The number of aromatic nitrogens is 1. The van der Waals surface area contributed by atoms with Gasteiger partial charge in [0.2, 0.25) is 0 Å². The van der Waals surface area contributed by atoms with Crippen LogP contribution >= 0.6 is 11.3 Å². The zero-order chi connectivity index (χ0) is 11.8. The molecule has 0 bridgehead atoms. The number of thiophene rings is 1. The molecular formula is C13H13NO2S. The highest BCUT2D eigenvalue weighted by atomic mass is 32.1. The van der Waals surface area contributed by atoms with E-state index in [1.165, 1.54) is 10.4 Å². The Morgan fingerprint density at radius 1 is 1.47 bits per heavy atom. The molecule has 0 aromatic carbocycles. The van der Waals surface area contributed by atoms with Gasteiger partial charge in [0.05, 0.1) is 6.04 Å². The molecule has 2 aromatic rings. The van der Waals surface area contributed by atoms with E-state index in [0.29, 0.717) is 5.69 Å². The van der Waals surface area contributed by atoms with Crippen LogP contribution in [0.1, 0.15) is 39.8 Å². The first-order valence-electron chi connectivity index (χ1n) is 5.74. The van der Waals surface area contributed by atoms with Crippen molar-refractivity contribution in [3.8, 4) is 0 Å². The third-order valence-corrected chi connectivity index (χ3v) is 4.35. The number of rotatable bonds is 2. The fourth-order valence-electron chi connectivity index (χ4n) is 2.60. The van der Waals surface area contributed by atoms with E-state index in [1.54, 1.807) is 17.4 Å². The van der Waals surface area contributed by atoms with Gasteiger partial charge in [0.25, 0.3) is 0 Å². The second-order valence-corrected chi connectivity index (χ2v) is 5.31. The lowest BCUT2D eigenvalue weighted by Gasteiger charge is -2.25. The lowest BCUT2D eigenvalue weighted by Crippen LogP contribution is -2.18. The molecule has 1 unspecified atom stereocenters. The van der Waals surface area contributed by atoms with Gasteiger partial charge in [-0.05, 0) is 48.4 Å². The van der Waals surface area contributed by atoms with Gasteiger partial charge in [-0.2, -0.15) is 0 Å². The average Bonchev–Trinajstić information content (AvgIpc) is 2.97. The molecule has 2 heterocycles. The predicted octanol–water partition coefficient (Wildman–Crippen LogP) is 3.17. The second-order valence-electron chi connectivity index (χ2n) is 4.31. The van der Waals surface area contributed by atoms with E-state index in [0.717, 1.165) is 19.3 Å². The zero-order valence-corrected chi connectivity index (χ0v) is 10.1. The molecule has 3 nitrogen and oxygen atoms in total. The van der Waals surface area contributed by atoms with Crippen LogP contribution in [0, 0.1) is 0 Å². The SMILES string of the molecule is O=C(O)c1cccn1C1CCCc2sccc21. The van der Waals surface area contributed by atoms with Crippen LogP contribution in [0.2, 0.25) is 0 Å². The van der Waals surface area contributed by atoms with Crippen molar-refractivity contribution in [3.63, 3.8) is 0 Å². The Hall–Kier alpha value is -1.55. The third kappa shape index (κ3) is 1.69. The molecule has 2 aromatic heterocycles. The van der Waals surface area contributed by atoms with Crippen LogP contribution in [-0.2, 0) is 6.42 Å². The molecule has 0 amide bonds. The molecule has 0 radical (unpaired) electrons. The van der Waals surface area contributed by atoms with Crippen molar-refractivity contribution in [2.24, 2.45) is 0 Å². The Labute approximate surface area is 103 Å². The van der Waals surface area contributed by atoms with Crippen LogP contribution < -0.4 is 0 Å². The summed E-state index contributed by atoms with van der Waals surface area (Å²) in [7, 11) is 0. The van der Waals surface area contributed by atoms with Gasteiger partial charge in [0.15, 0.2) is 0 Å². The smallest absolute Gasteiger partial charge is 0.352 e. The number of carbonyl (C=O) groups is 1. The number of nitrogens with zero attached hydrogens (tertiary/aromatic N) is 1. The highest BCUT2D eigenvalue weighted by Gasteiger charge is 2.25. The minimum Gasteiger partial charge on any atom is -0.477 e. The summed E-state index contributed by atoms with van der Waals surface area (Å²) in [5.41, 5.74) is 1.69. The maximum atomic E-state index is 11.2. The molecule has 4 heteroatoms. The van der Waals surface area contributed by atoms with Crippen LogP contribution in [0.15, 0.2) is 29.8 Å². The van der Waals surface area contributed by atoms with E-state index in [-0.39, 0.29) is 6.04 Å². The molecule has 0 saturated heterocycles. The summed E-state index contributed by atoms with van der Waals surface area (Å²) in [4.78, 5) is 12.6. The van der Waals surface area contributed by atoms with Crippen LogP contribution in [0.3, 0.4) is 0 Å². The highest BCUT2D eigenvalue weighted by molar-refractivity contribution is 7.10. The third-order valence-electron chi connectivity index (χ3n) is 3.35. The van der Waals surface area contributed by atoms with Crippen LogP contribution in [0.4, 0.5) is 0 Å². The van der Waals surface area contributed by atoms with E-state index in [4.69, 9.17) is 5.11 Å². The summed E-state index contributed by atoms with van der Waals surface area (Å²) in [6.07, 6.45) is 5.17. The fraction of sp³-hybridized carbons (Fsp3) is 0.308. The molecule has 1 aliphatic carbocycles. The molecule has 0 saturated carbocycles. The van der Waals surface area contributed by atoms with Crippen LogP contribution in [0.25, 0.3) is 0 Å². The lowest BCUT2D eigenvalue weighted by atomic mass is 9.94. The fourth-order valence-corrected chi connectivity index (χ4v) is 3.58. The first kappa shape index (κ1) is 10.6. The molecule has 0 fully saturated rings. The molecule has 1 atom stereocenters.